The number of carbonyl (C=O) groups excluding carboxylic acids is 2. The molecule has 0 aliphatic carbocycles. The molecule has 76 valence electrons. The molecule has 0 heterocycles. The van der Waals surface area contributed by atoms with Crippen LogP contribution in [0.2, 0.25) is 0 Å². The number of hydrogen-bond donors (Lipinski definition) is 2. The van der Waals surface area contributed by atoms with Gasteiger partial charge >= 0.3 is 6.03 Å². The van der Waals surface area contributed by atoms with Gasteiger partial charge in [-0.2, -0.15) is 0 Å². The Balaban J connectivity index is 4.46. The van der Waals surface area contributed by atoms with E-state index in [4.69, 9.17) is 0 Å². The highest BCUT2D eigenvalue weighted by molar-refractivity contribution is 5.87. The number of nitrogens with one attached hydrogen (secondary N) is 2. The van der Waals surface area contributed by atoms with Crippen molar-refractivity contribution < 1.29 is 9.59 Å². The molecule has 13 heavy (non-hydrogen) atoms. The predicted molar refractivity (Wildman–Crippen MR) is 51.5 cm³/mol. The van der Waals surface area contributed by atoms with E-state index >= 15 is 0 Å². The maximum Gasteiger partial charge on any atom is 0.315 e. The number of amides is 2. The van der Waals surface area contributed by atoms with Gasteiger partial charge in [0.1, 0.15) is 0 Å². The van der Waals surface area contributed by atoms with Crippen LogP contribution in [0.4, 0.5) is 4.79 Å². The highest BCUT2D eigenvalue weighted by atomic mass is 16.2. The van der Waals surface area contributed by atoms with Gasteiger partial charge in [-0.1, -0.05) is 20.8 Å². The van der Waals surface area contributed by atoms with E-state index in [2.05, 4.69) is 10.6 Å². The van der Waals surface area contributed by atoms with Gasteiger partial charge in [0.2, 0.25) is 0 Å². The number of hydrogen-bond acceptors (Lipinski definition) is 2. The maximum absolute atomic E-state index is 11.2. The van der Waals surface area contributed by atoms with Crippen LogP contribution in [0.15, 0.2) is 0 Å². The summed E-state index contributed by atoms with van der Waals surface area (Å²) in [4.78, 5) is 22.2. The quantitative estimate of drug-likeness (QED) is 0.673. The van der Waals surface area contributed by atoms with Crippen molar-refractivity contribution >= 4 is 11.8 Å². The van der Waals surface area contributed by atoms with E-state index in [-0.39, 0.29) is 17.2 Å². The minimum absolute atomic E-state index is 0.0314. The summed E-state index contributed by atoms with van der Waals surface area (Å²) >= 11 is 0. The summed E-state index contributed by atoms with van der Waals surface area (Å²) in [5.41, 5.74) is -0.252. The smallest absolute Gasteiger partial charge is 0.315 e. The second-order valence-corrected chi connectivity index (χ2v) is 4.13. The van der Waals surface area contributed by atoms with Crippen molar-refractivity contribution in [2.75, 3.05) is 7.05 Å². The van der Waals surface area contributed by atoms with E-state index in [1.54, 1.807) is 0 Å². The van der Waals surface area contributed by atoms with E-state index in [9.17, 15) is 9.59 Å². The highest BCUT2D eigenvalue weighted by Gasteiger charge is 2.29. The van der Waals surface area contributed by atoms with Crippen LogP contribution < -0.4 is 10.6 Å². The third-order valence-corrected chi connectivity index (χ3v) is 1.78. The lowest BCUT2D eigenvalue weighted by Gasteiger charge is -2.28. The molecule has 0 aliphatic heterocycles. The van der Waals surface area contributed by atoms with Crippen molar-refractivity contribution in [2.45, 2.75) is 33.7 Å². The standard InChI is InChI=1S/C9H18N2O2/c1-6(12)7(9(2,3)4)11-8(13)10-5/h7H,1-5H3,(H2,10,11,13)/t7-/m0/s1. The molecule has 0 spiro atoms. The van der Waals surface area contributed by atoms with E-state index < -0.39 is 6.04 Å². The summed E-state index contributed by atoms with van der Waals surface area (Å²) < 4.78 is 0. The molecule has 0 bridgehead atoms. The topological polar surface area (TPSA) is 58.2 Å². The van der Waals surface area contributed by atoms with Gasteiger partial charge in [0.15, 0.2) is 5.78 Å². The normalized spacial score (nSPS) is 13.3. The molecule has 2 N–H and O–H groups in total. The first-order valence-corrected chi connectivity index (χ1v) is 4.27. The Labute approximate surface area is 79.1 Å². The van der Waals surface area contributed by atoms with Crippen molar-refractivity contribution in [1.29, 1.82) is 0 Å². The average Bonchev–Trinajstić information content (AvgIpc) is 1.96. The Bertz CT molecular complexity index is 206. The monoisotopic (exact) mass is 186 g/mol. The van der Waals surface area contributed by atoms with E-state index in [0.717, 1.165) is 0 Å². The Kier molecular flexibility index (Phi) is 3.91. The molecule has 0 unspecified atom stereocenters. The fraction of sp³-hybridized carbons (Fsp3) is 0.778. The van der Waals surface area contributed by atoms with Crippen LogP contribution in [-0.2, 0) is 4.79 Å². The second-order valence-electron chi connectivity index (χ2n) is 4.13. The van der Waals surface area contributed by atoms with Crippen molar-refractivity contribution in [2.24, 2.45) is 5.41 Å². The molecule has 0 radical (unpaired) electrons. The van der Waals surface area contributed by atoms with Gasteiger partial charge in [0.05, 0.1) is 6.04 Å². The summed E-state index contributed by atoms with van der Waals surface area (Å²) in [6, 6.07) is -0.762. The lowest BCUT2D eigenvalue weighted by Crippen LogP contribution is -2.50. The molecule has 0 saturated carbocycles. The molecule has 0 aromatic heterocycles. The molecule has 0 aromatic rings. The van der Waals surface area contributed by atoms with Gasteiger partial charge in [-0.25, -0.2) is 4.79 Å². The zero-order valence-corrected chi connectivity index (χ0v) is 8.89. The minimum atomic E-state index is -0.438. The van der Waals surface area contributed by atoms with Gasteiger partial charge in [-0.15, -0.1) is 0 Å². The van der Waals surface area contributed by atoms with Gasteiger partial charge in [-0.3, -0.25) is 4.79 Å². The van der Waals surface area contributed by atoms with Crippen LogP contribution in [0.1, 0.15) is 27.7 Å². The SMILES string of the molecule is CNC(=O)N[C@@H](C(C)=O)C(C)(C)C. The van der Waals surface area contributed by atoms with Crippen molar-refractivity contribution in [3.63, 3.8) is 0 Å². The molecular formula is C9H18N2O2. The molecule has 0 fully saturated rings. The number of carbonyl (C=O) groups is 2. The van der Waals surface area contributed by atoms with Crippen LogP contribution in [0.25, 0.3) is 0 Å². The van der Waals surface area contributed by atoms with Crippen LogP contribution in [0.3, 0.4) is 0 Å². The van der Waals surface area contributed by atoms with Crippen LogP contribution in [-0.4, -0.2) is 24.9 Å². The van der Waals surface area contributed by atoms with E-state index in [1.165, 1.54) is 14.0 Å². The fourth-order valence-electron chi connectivity index (χ4n) is 1.13. The van der Waals surface area contributed by atoms with Gasteiger partial charge < -0.3 is 10.6 Å². The predicted octanol–water partition coefficient (Wildman–Crippen LogP) is 0.919. The minimum Gasteiger partial charge on any atom is -0.341 e. The maximum atomic E-state index is 11.2. The average molecular weight is 186 g/mol. The first kappa shape index (κ1) is 11.9. The number of ketones is 1. The summed E-state index contributed by atoms with van der Waals surface area (Å²) in [6.45, 7) is 7.21. The molecule has 0 rings (SSSR count). The summed E-state index contributed by atoms with van der Waals surface area (Å²) in [7, 11) is 1.52. The second kappa shape index (κ2) is 4.25. The zero-order valence-electron chi connectivity index (χ0n) is 8.89. The Morgan fingerprint density at radius 1 is 1.23 bits per heavy atom. The first-order valence-electron chi connectivity index (χ1n) is 4.27. The lowest BCUT2D eigenvalue weighted by atomic mass is 9.84. The summed E-state index contributed by atoms with van der Waals surface area (Å²) in [5.74, 6) is -0.0314. The van der Waals surface area contributed by atoms with Crippen LogP contribution in [0.5, 0.6) is 0 Å². The lowest BCUT2D eigenvalue weighted by molar-refractivity contribution is -0.121. The molecule has 0 aliphatic rings. The number of urea groups is 1. The Hall–Kier alpha value is -1.06. The Morgan fingerprint density at radius 3 is 1.92 bits per heavy atom. The highest BCUT2D eigenvalue weighted by Crippen LogP contribution is 2.19. The van der Waals surface area contributed by atoms with Gasteiger partial charge in [0.25, 0.3) is 0 Å². The summed E-state index contributed by atoms with van der Waals surface area (Å²) in [5, 5.41) is 5.03. The molecule has 4 nitrogen and oxygen atoms in total. The molecule has 0 aromatic carbocycles. The molecule has 2 amide bonds. The van der Waals surface area contributed by atoms with Crippen molar-refractivity contribution in [3.8, 4) is 0 Å². The molecular weight excluding hydrogens is 168 g/mol. The molecule has 1 atom stereocenters. The van der Waals surface area contributed by atoms with Crippen LogP contribution >= 0.6 is 0 Å². The number of rotatable bonds is 2. The Morgan fingerprint density at radius 2 is 1.69 bits per heavy atom. The number of Topliss-reactive ketones (excluding diaryl/α,β-unsaturated/α-hetero) is 1. The van der Waals surface area contributed by atoms with Crippen LogP contribution in [0, 0.1) is 5.41 Å². The van der Waals surface area contributed by atoms with Gasteiger partial charge in [-0.05, 0) is 12.3 Å². The third-order valence-electron chi connectivity index (χ3n) is 1.78. The first-order chi connectivity index (χ1) is 5.79. The van der Waals surface area contributed by atoms with Gasteiger partial charge in [0, 0.05) is 7.05 Å². The van der Waals surface area contributed by atoms with E-state index in [1.807, 2.05) is 20.8 Å². The zero-order chi connectivity index (χ0) is 10.6. The molecule has 4 heteroatoms. The molecule has 0 saturated heterocycles. The largest absolute Gasteiger partial charge is 0.341 e. The van der Waals surface area contributed by atoms with E-state index in [0.29, 0.717) is 0 Å². The fourth-order valence-corrected chi connectivity index (χ4v) is 1.13. The summed E-state index contributed by atoms with van der Waals surface area (Å²) in [6.07, 6.45) is 0. The third kappa shape index (κ3) is 3.92. The van der Waals surface area contributed by atoms with Crippen molar-refractivity contribution in [1.82, 2.24) is 10.6 Å². The van der Waals surface area contributed by atoms with Crippen molar-refractivity contribution in [3.05, 3.63) is 0 Å².